The summed E-state index contributed by atoms with van der Waals surface area (Å²) >= 11 is 0. The van der Waals surface area contributed by atoms with E-state index in [4.69, 9.17) is 11.3 Å². The Morgan fingerprint density at radius 3 is 2.83 bits per heavy atom. The topological polar surface area (TPSA) is 43.5 Å². The van der Waals surface area contributed by atoms with Gasteiger partial charge in [0, 0.05) is 11.8 Å². The number of carbonyl (C=O) groups is 1. The van der Waals surface area contributed by atoms with Crippen LogP contribution in [0, 0.1) is 12.4 Å². The van der Waals surface area contributed by atoms with Crippen LogP contribution in [-0.4, -0.2) is 11.3 Å². The number of rotatable bonds is 3. The van der Waals surface area contributed by atoms with Gasteiger partial charge in [-0.2, -0.15) is 0 Å². The Morgan fingerprint density at radius 1 is 1.33 bits per heavy atom. The zero-order chi connectivity index (χ0) is 13.0. The normalized spacial score (nSPS) is 9.56. The summed E-state index contributed by atoms with van der Waals surface area (Å²) in [6.45, 7) is 6.83. The summed E-state index contributed by atoms with van der Waals surface area (Å²) in [5, 5.41) is 0. The first kappa shape index (κ1) is 11.7. The number of pyridine rings is 1. The summed E-state index contributed by atoms with van der Waals surface area (Å²) < 4.78 is 18.8. The number of hydrogen-bond donors (Lipinski definition) is 0. The van der Waals surface area contributed by atoms with E-state index in [1.54, 1.807) is 0 Å². The maximum absolute atomic E-state index is 13.5. The summed E-state index contributed by atoms with van der Waals surface area (Å²) in [6, 6.07) is 5.32. The van der Waals surface area contributed by atoms with Crippen LogP contribution in [0.1, 0.15) is 10.4 Å². The average Bonchev–Trinajstić information content (AvgIpc) is 2.41. The van der Waals surface area contributed by atoms with E-state index in [1.165, 1.54) is 30.6 Å². The smallest absolute Gasteiger partial charge is 0.208 e. The molecule has 2 aromatic rings. The van der Waals surface area contributed by atoms with Crippen LogP contribution in [0.25, 0.3) is 4.85 Å². The van der Waals surface area contributed by atoms with Gasteiger partial charge >= 0.3 is 0 Å². The summed E-state index contributed by atoms with van der Waals surface area (Å²) in [7, 11) is 0. The number of benzene rings is 1. The quantitative estimate of drug-likeness (QED) is 0.612. The fourth-order valence-corrected chi connectivity index (χ4v) is 1.32. The molecular formula is C13H7FN2O2. The highest BCUT2D eigenvalue weighted by Gasteiger charge is 2.06. The molecule has 0 aliphatic heterocycles. The fraction of sp³-hybridized carbons (Fsp3) is 0. The van der Waals surface area contributed by atoms with Crippen LogP contribution < -0.4 is 4.74 Å². The SMILES string of the molecule is [C-]#[N+]c1cncc(Oc2ccc(C=O)cc2F)c1. The van der Waals surface area contributed by atoms with Gasteiger partial charge in [-0.3, -0.25) is 9.78 Å². The maximum atomic E-state index is 13.5. The molecule has 0 amide bonds. The molecule has 2 rings (SSSR count). The predicted octanol–water partition coefficient (Wildman–Crippen LogP) is 3.38. The zero-order valence-corrected chi connectivity index (χ0v) is 9.13. The van der Waals surface area contributed by atoms with Gasteiger partial charge in [0.05, 0.1) is 12.8 Å². The van der Waals surface area contributed by atoms with Crippen LogP contribution >= 0.6 is 0 Å². The first-order valence-corrected chi connectivity index (χ1v) is 4.98. The monoisotopic (exact) mass is 242 g/mol. The third kappa shape index (κ3) is 2.50. The maximum Gasteiger partial charge on any atom is 0.208 e. The van der Waals surface area contributed by atoms with Crippen molar-refractivity contribution in [2.75, 3.05) is 0 Å². The third-order valence-corrected chi connectivity index (χ3v) is 2.15. The standard InChI is InChI=1S/C13H7FN2O2/c1-15-10-5-11(7-16-6-10)18-13-3-2-9(8-17)4-12(13)14/h2-8H. The lowest BCUT2D eigenvalue weighted by atomic mass is 10.2. The van der Waals surface area contributed by atoms with Gasteiger partial charge in [-0.05, 0) is 24.3 Å². The molecule has 0 radical (unpaired) electrons. The fourth-order valence-electron chi connectivity index (χ4n) is 1.32. The number of carbonyl (C=O) groups excluding carboxylic acids is 1. The Balaban J connectivity index is 2.28. The Kier molecular flexibility index (Phi) is 3.30. The van der Waals surface area contributed by atoms with E-state index in [0.717, 1.165) is 6.07 Å². The van der Waals surface area contributed by atoms with E-state index in [0.29, 0.717) is 12.0 Å². The van der Waals surface area contributed by atoms with Crippen LogP contribution in [0.5, 0.6) is 11.5 Å². The summed E-state index contributed by atoms with van der Waals surface area (Å²) in [4.78, 5) is 17.4. The Bertz CT molecular complexity index is 635. The van der Waals surface area contributed by atoms with E-state index >= 15 is 0 Å². The minimum Gasteiger partial charge on any atom is -0.454 e. The van der Waals surface area contributed by atoms with Gasteiger partial charge < -0.3 is 4.74 Å². The van der Waals surface area contributed by atoms with Crippen molar-refractivity contribution in [1.82, 2.24) is 4.98 Å². The van der Waals surface area contributed by atoms with Gasteiger partial charge in [0.15, 0.2) is 11.6 Å². The van der Waals surface area contributed by atoms with Crippen LogP contribution in [0.4, 0.5) is 10.1 Å². The molecule has 1 aromatic carbocycles. The van der Waals surface area contributed by atoms with Crippen molar-refractivity contribution in [3.05, 3.63) is 59.5 Å². The summed E-state index contributed by atoms with van der Waals surface area (Å²) in [5.41, 5.74) is 0.533. The van der Waals surface area contributed by atoms with Crippen molar-refractivity contribution in [2.24, 2.45) is 0 Å². The molecule has 0 spiro atoms. The van der Waals surface area contributed by atoms with Crippen LogP contribution in [-0.2, 0) is 0 Å². The second-order valence-corrected chi connectivity index (χ2v) is 3.40. The van der Waals surface area contributed by atoms with Crippen molar-refractivity contribution in [1.29, 1.82) is 0 Å². The molecule has 0 unspecified atom stereocenters. The van der Waals surface area contributed by atoms with Crippen molar-refractivity contribution in [3.8, 4) is 11.5 Å². The zero-order valence-electron chi connectivity index (χ0n) is 9.13. The number of aldehydes is 1. The van der Waals surface area contributed by atoms with E-state index in [1.807, 2.05) is 0 Å². The Morgan fingerprint density at radius 2 is 2.17 bits per heavy atom. The summed E-state index contributed by atoms with van der Waals surface area (Å²) in [5.74, 6) is -0.404. The van der Waals surface area contributed by atoms with Gasteiger partial charge in [-0.25, -0.2) is 9.24 Å². The average molecular weight is 242 g/mol. The lowest BCUT2D eigenvalue weighted by Crippen LogP contribution is -1.90. The molecule has 18 heavy (non-hydrogen) atoms. The third-order valence-electron chi connectivity index (χ3n) is 2.15. The Labute approximate surface area is 102 Å². The molecule has 1 aromatic heterocycles. The van der Waals surface area contributed by atoms with Gasteiger partial charge in [0.1, 0.15) is 12.0 Å². The van der Waals surface area contributed by atoms with Gasteiger partial charge in [0.25, 0.3) is 0 Å². The molecule has 88 valence electrons. The van der Waals surface area contributed by atoms with E-state index < -0.39 is 5.82 Å². The predicted molar refractivity (Wildman–Crippen MR) is 62.4 cm³/mol. The van der Waals surface area contributed by atoms with E-state index in [-0.39, 0.29) is 17.1 Å². The lowest BCUT2D eigenvalue weighted by molar-refractivity contribution is 0.112. The highest BCUT2D eigenvalue weighted by molar-refractivity contribution is 5.75. The molecule has 0 saturated carbocycles. The van der Waals surface area contributed by atoms with Crippen LogP contribution in [0.15, 0.2) is 36.7 Å². The Hall–Kier alpha value is -2.74. The number of halogens is 1. The van der Waals surface area contributed by atoms with Crippen molar-refractivity contribution in [3.63, 3.8) is 0 Å². The van der Waals surface area contributed by atoms with Crippen LogP contribution in [0.2, 0.25) is 0 Å². The molecule has 4 nitrogen and oxygen atoms in total. The van der Waals surface area contributed by atoms with E-state index in [9.17, 15) is 9.18 Å². The molecule has 0 aliphatic rings. The van der Waals surface area contributed by atoms with Gasteiger partial charge in [0.2, 0.25) is 5.69 Å². The van der Waals surface area contributed by atoms with Gasteiger partial charge in [-0.15, -0.1) is 0 Å². The number of nitrogens with zero attached hydrogens (tertiary/aromatic N) is 2. The minimum atomic E-state index is -0.646. The molecule has 5 heteroatoms. The van der Waals surface area contributed by atoms with E-state index in [2.05, 4.69) is 9.83 Å². The highest BCUT2D eigenvalue weighted by atomic mass is 19.1. The van der Waals surface area contributed by atoms with Crippen molar-refractivity contribution >= 4 is 12.0 Å². The molecular weight excluding hydrogens is 235 g/mol. The first-order chi connectivity index (χ1) is 8.72. The highest BCUT2D eigenvalue weighted by Crippen LogP contribution is 2.26. The minimum absolute atomic E-state index is 0.0236. The van der Waals surface area contributed by atoms with Gasteiger partial charge in [-0.1, -0.05) is 0 Å². The number of aromatic nitrogens is 1. The molecule has 0 aliphatic carbocycles. The lowest BCUT2D eigenvalue weighted by Gasteiger charge is -2.06. The molecule has 0 fully saturated rings. The van der Waals surface area contributed by atoms with Crippen molar-refractivity contribution in [2.45, 2.75) is 0 Å². The van der Waals surface area contributed by atoms with Crippen molar-refractivity contribution < 1.29 is 13.9 Å². The molecule has 1 heterocycles. The second-order valence-electron chi connectivity index (χ2n) is 3.40. The number of hydrogen-bond acceptors (Lipinski definition) is 3. The van der Waals surface area contributed by atoms with Crippen LogP contribution in [0.3, 0.4) is 0 Å². The molecule has 0 N–H and O–H groups in total. The second kappa shape index (κ2) is 5.06. The number of ether oxygens (including phenoxy) is 1. The molecule has 0 atom stereocenters. The largest absolute Gasteiger partial charge is 0.454 e. The molecule has 0 saturated heterocycles. The summed E-state index contributed by atoms with van der Waals surface area (Å²) in [6.07, 6.45) is 3.31. The first-order valence-electron chi connectivity index (χ1n) is 4.98. The molecule has 0 bridgehead atoms.